The van der Waals surface area contributed by atoms with Gasteiger partial charge in [-0.3, -0.25) is 9.59 Å². The molecule has 0 atom stereocenters. The maximum Gasteiger partial charge on any atom is 0.255 e. The molecule has 0 fully saturated rings. The van der Waals surface area contributed by atoms with Crippen LogP contribution in [0.2, 0.25) is 0 Å². The molecule has 0 bridgehead atoms. The minimum Gasteiger partial charge on any atom is -0.355 e. The number of benzene rings is 1. The lowest BCUT2D eigenvalue weighted by atomic mass is 10.2. The summed E-state index contributed by atoms with van der Waals surface area (Å²) in [5.41, 5.74) is 2.33. The van der Waals surface area contributed by atoms with E-state index >= 15 is 0 Å². The van der Waals surface area contributed by atoms with Crippen LogP contribution in [0, 0.1) is 0 Å². The van der Waals surface area contributed by atoms with Crippen LogP contribution in [0.3, 0.4) is 0 Å². The summed E-state index contributed by atoms with van der Waals surface area (Å²) < 4.78 is 1.82. The molecule has 152 valence electrons. The van der Waals surface area contributed by atoms with Crippen molar-refractivity contribution >= 4 is 22.8 Å². The molecule has 0 saturated heterocycles. The minimum atomic E-state index is -0.191. The summed E-state index contributed by atoms with van der Waals surface area (Å²) in [5.74, 6) is -0.331. The molecule has 3 rings (SSSR count). The third kappa shape index (κ3) is 5.19. The molecule has 2 heterocycles. The number of hydrogen-bond donors (Lipinski definition) is 1. The predicted molar refractivity (Wildman–Crippen MR) is 113 cm³/mol. The molecule has 1 N–H and O–H groups in total. The molecule has 0 spiro atoms. The van der Waals surface area contributed by atoms with Gasteiger partial charge in [0, 0.05) is 24.7 Å². The summed E-state index contributed by atoms with van der Waals surface area (Å²) in [7, 11) is 0. The Morgan fingerprint density at radius 2 is 1.90 bits per heavy atom. The zero-order valence-electron chi connectivity index (χ0n) is 17.0. The zero-order valence-corrected chi connectivity index (χ0v) is 17.0. The summed E-state index contributed by atoms with van der Waals surface area (Å²) in [5, 5.41) is 8.05. The number of fused-ring (bicyclic) bond motifs is 1. The Morgan fingerprint density at radius 1 is 1.10 bits per heavy atom. The molecule has 0 radical (unpaired) electrons. The highest BCUT2D eigenvalue weighted by atomic mass is 16.2. The molecule has 0 aliphatic carbocycles. The van der Waals surface area contributed by atoms with Gasteiger partial charge >= 0.3 is 0 Å². The van der Waals surface area contributed by atoms with Crippen molar-refractivity contribution in [2.75, 3.05) is 19.6 Å². The molecule has 7 nitrogen and oxygen atoms in total. The molecule has 0 aliphatic heterocycles. The standard InChI is InChI=1S/C22H27N5O2/c1-3-10-23-20(28)16-26(11-4-2)22(29)19-12-18-14-25-27(21(18)24-13-19)15-17-8-6-5-7-9-17/h5-9,12-14H,3-4,10-11,15-16H2,1-2H3,(H,23,28). The molecule has 0 saturated carbocycles. The number of carbonyl (C=O) groups is 2. The van der Waals surface area contributed by atoms with Crippen LogP contribution in [0.15, 0.2) is 48.8 Å². The Balaban J connectivity index is 1.77. The van der Waals surface area contributed by atoms with Gasteiger partial charge in [0.1, 0.15) is 0 Å². The van der Waals surface area contributed by atoms with Gasteiger partial charge in [0.2, 0.25) is 5.91 Å². The SMILES string of the molecule is CCCNC(=O)CN(CCC)C(=O)c1cnc2c(cnn2Cc2ccccc2)c1. The first-order chi connectivity index (χ1) is 14.1. The Labute approximate surface area is 170 Å². The Bertz CT molecular complexity index is 968. The molecule has 0 unspecified atom stereocenters. The summed E-state index contributed by atoms with van der Waals surface area (Å²) in [6.45, 7) is 5.78. The lowest BCUT2D eigenvalue weighted by Gasteiger charge is -2.21. The van der Waals surface area contributed by atoms with E-state index in [9.17, 15) is 9.59 Å². The van der Waals surface area contributed by atoms with Crippen molar-refractivity contribution < 1.29 is 9.59 Å². The van der Waals surface area contributed by atoms with Gasteiger partial charge in [-0.05, 0) is 24.5 Å². The van der Waals surface area contributed by atoms with Gasteiger partial charge in [-0.15, -0.1) is 0 Å². The van der Waals surface area contributed by atoms with E-state index < -0.39 is 0 Å². The number of pyridine rings is 1. The van der Waals surface area contributed by atoms with E-state index in [2.05, 4.69) is 15.4 Å². The zero-order chi connectivity index (χ0) is 20.6. The van der Waals surface area contributed by atoms with E-state index in [4.69, 9.17) is 0 Å². The van der Waals surface area contributed by atoms with Crippen molar-refractivity contribution in [1.82, 2.24) is 25.0 Å². The number of carbonyl (C=O) groups excluding carboxylic acids is 2. The number of nitrogens with one attached hydrogen (secondary N) is 1. The van der Waals surface area contributed by atoms with E-state index in [-0.39, 0.29) is 18.4 Å². The number of aromatic nitrogens is 3. The second-order valence-electron chi connectivity index (χ2n) is 7.00. The van der Waals surface area contributed by atoms with Gasteiger partial charge in [-0.2, -0.15) is 5.10 Å². The fourth-order valence-electron chi connectivity index (χ4n) is 3.16. The van der Waals surface area contributed by atoms with Gasteiger partial charge < -0.3 is 10.2 Å². The molecular formula is C22H27N5O2. The van der Waals surface area contributed by atoms with Crippen LogP contribution in [-0.2, 0) is 11.3 Å². The van der Waals surface area contributed by atoms with Gasteiger partial charge in [-0.25, -0.2) is 9.67 Å². The first-order valence-corrected chi connectivity index (χ1v) is 10.0. The second-order valence-corrected chi connectivity index (χ2v) is 7.00. The van der Waals surface area contributed by atoms with E-state index in [0.29, 0.717) is 25.2 Å². The quantitative estimate of drug-likeness (QED) is 0.606. The highest BCUT2D eigenvalue weighted by molar-refractivity contribution is 5.98. The predicted octanol–water partition coefficient (Wildman–Crippen LogP) is 2.86. The molecule has 7 heteroatoms. The lowest BCUT2D eigenvalue weighted by molar-refractivity contribution is -0.121. The molecule has 29 heavy (non-hydrogen) atoms. The lowest BCUT2D eigenvalue weighted by Crippen LogP contribution is -2.41. The molecule has 2 aromatic heterocycles. The van der Waals surface area contributed by atoms with Crippen LogP contribution in [0.25, 0.3) is 11.0 Å². The van der Waals surface area contributed by atoms with Crippen LogP contribution in [0.4, 0.5) is 0 Å². The third-order valence-electron chi connectivity index (χ3n) is 4.59. The van der Waals surface area contributed by atoms with Crippen LogP contribution in [0.1, 0.15) is 42.6 Å². The van der Waals surface area contributed by atoms with Crippen LogP contribution in [0.5, 0.6) is 0 Å². The maximum absolute atomic E-state index is 13.0. The Morgan fingerprint density at radius 3 is 2.62 bits per heavy atom. The van der Waals surface area contributed by atoms with E-state index in [1.807, 2.05) is 48.9 Å². The number of rotatable bonds is 9. The maximum atomic E-state index is 13.0. The van der Waals surface area contributed by atoms with Crippen LogP contribution < -0.4 is 5.32 Å². The van der Waals surface area contributed by atoms with Gasteiger partial charge in [0.05, 0.1) is 24.8 Å². The second kappa shape index (κ2) is 9.82. The average molecular weight is 393 g/mol. The van der Waals surface area contributed by atoms with Gasteiger partial charge in [0.15, 0.2) is 5.65 Å². The first-order valence-electron chi connectivity index (χ1n) is 10.0. The molecular weight excluding hydrogens is 366 g/mol. The minimum absolute atomic E-state index is 0.0536. The fraction of sp³-hybridized carbons (Fsp3) is 0.364. The normalized spacial score (nSPS) is 10.8. The van der Waals surface area contributed by atoms with Crippen molar-refractivity contribution in [1.29, 1.82) is 0 Å². The first kappa shape index (κ1) is 20.5. The molecule has 2 amide bonds. The van der Waals surface area contributed by atoms with Crippen LogP contribution >= 0.6 is 0 Å². The van der Waals surface area contributed by atoms with Crippen LogP contribution in [-0.4, -0.2) is 51.1 Å². The van der Waals surface area contributed by atoms with Gasteiger partial charge in [-0.1, -0.05) is 44.2 Å². The Kier molecular flexibility index (Phi) is 6.94. The van der Waals surface area contributed by atoms with Crippen molar-refractivity contribution in [2.45, 2.75) is 33.2 Å². The summed E-state index contributed by atoms with van der Waals surface area (Å²) >= 11 is 0. The monoisotopic (exact) mass is 393 g/mol. The highest BCUT2D eigenvalue weighted by Gasteiger charge is 2.19. The topological polar surface area (TPSA) is 80.1 Å². The largest absolute Gasteiger partial charge is 0.355 e. The molecule has 0 aliphatic rings. The van der Waals surface area contributed by atoms with Crippen molar-refractivity contribution in [2.24, 2.45) is 0 Å². The number of nitrogens with zero attached hydrogens (tertiary/aromatic N) is 4. The van der Waals surface area contributed by atoms with E-state index in [1.54, 1.807) is 23.4 Å². The van der Waals surface area contributed by atoms with Gasteiger partial charge in [0.25, 0.3) is 5.91 Å². The summed E-state index contributed by atoms with van der Waals surface area (Å²) in [6, 6.07) is 11.8. The van der Waals surface area contributed by atoms with Crippen molar-refractivity contribution in [3.63, 3.8) is 0 Å². The number of hydrogen-bond acceptors (Lipinski definition) is 4. The van der Waals surface area contributed by atoms with E-state index in [1.165, 1.54) is 0 Å². The third-order valence-corrected chi connectivity index (χ3v) is 4.59. The van der Waals surface area contributed by atoms with E-state index in [0.717, 1.165) is 29.4 Å². The highest BCUT2D eigenvalue weighted by Crippen LogP contribution is 2.16. The van der Waals surface area contributed by atoms with Crippen molar-refractivity contribution in [3.05, 3.63) is 59.9 Å². The molecule has 3 aromatic rings. The summed E-state index contributed by atoms with van der Waals surface area (Å²) in [4.78, 5) is 31.1. The fourth-order valence-corrected chi connectivity index (χ4v) is 3.16. The summed E-state index contributed by atoms with van der Waals surface area (Å²) in [6.07, 6.45) is 4.93. The smallest absolute Gasteiger partial charge is 0.255 e. The van der Waals surface area contributed by atoms with Crippen molar-refractivity contribution in [3.8, 4) is 0 Å². The Hall–Kier alpha value is -3.22. The molecule has 1 aromatic carbocycles. The average Bonchev–Trinajstić information content (AvgIpc) is 3.14. The number of amides is 2.